The van der Waals surface area contributed by atoms with Gasteiger partial charge in [0, 0.05) is 16.6 Å². The number of Topliss-reactive ketones (excluding diaryl/α,β-unsaturated/α-hetero) is 1. The fourth-order valence-electron chi connectivity index (χ4n) is 2.60. The fourth-order valence-corrected chi connectivity index (χ4v) is 4.17. The van der Waals surface area contributed by atoms with Gasteiger partial charge in [0.15, 0.2) is 10.7 Å². The van der Waals surface area contributed by atoms with Crippen LogP contribution in [0.25, 0.3) is 16.2 Å². The standard InChI is InChI=1S/C15H11BrN2OS.BrH/c16-10-6-7-12-13(14(10)19)18-8-11(17-15(18)20-12)9-4-2-1-3-5-9;/h1-5,8,10H,6-7H2;1H. The van der Waals surface area contributed by atoms with Crippen LogP contribution in [0.1, 0.15) is 21.8 Å². The highest BCUT2D eigenvalue weighted by molar-refractivity contribution is 9.10. The number of halogens is 2. The second-order valence-electron chi connectivity index (χ2n) is 4.89. The van der Waals surface area contributed by atoms with E-state index in [4.69, 9.17) is 0 Å². The number of imidazole rings is 1. The zero-order valence-corrected chi connectivity index (χ0v) is 15.1. The molecular formula is C15H12Br2N2OS. The number of nitrogens with zero attached hydrogens (tertiary/aromatic N) is 2. The van der Waals surface area contributed by atoms with Gasteiger partial charge in [-0.05, 0) is 12.8 Å². The topological polar surface area (TPSA) is 34.4 Å². The van der Waals surface area contributed by atoms with E-state index in [1.165, 1.54) is 0 Å². The third-order valence-electron chi connectivity index (χ3n) is 3.61. The molecule has 1 aliphatic rings. The summed E-state index contributed by atoms with van der Waals surface area (Å²) in [6.45, 7) is 0. The van der Waals surface area contributed by atoms with Gasteiger partial charge < -0.3 is 0 Å². The Kier molecular flexibility index (Phi) is 4.03. The summed E-state index contributed by atoms with van der Waals surface area (Å²) in [5, 5.41) is 0. The second kappa shape index (κ2) is 5.66. The number of rotatable bonds is 1. The molecular weight excluding hydrogens is 416 g/mol. The molecule has 108 valence electrons. The molecule has 21 heavy (non-hydrogen) atoms. The van der Waals surface area contributed by atoms with Crippen LogP contribution in [0.15, 0.2) is 36.5 Å². The Labute approximate surface area is 144 Å². The van der Waals surface area contributed by atoms with Crippen molar-refractivity contribution >= 4 is 55.0 Å². The number of carbonyl (C=O) groups excluding carboxylic acids is 1. The molecule has 2 aromatic heterocycles. The van der Waals surface area contributed by atoms with Gasteiger partial charge in [0.1, 0.15) is 5.69 Å². The number of aromatic nitrogens is 2. The van der Waals surface area contributed by atoms with Gasteiger partial charge in [-0.2, -0.15) is 0 Å². The Morgan fingerprint density at radius 1 is 1.29 bits per heavy atom. The summed E-state index contributed by atoms with van der Waals surface area (Å²) < 4.78 is 1.96. The lowest BCUT2D eigenvalue weighted by molar-refractivity contribution is 0.0976. The van der Waals surface area contributed by atoms with E-state index in [1.54, 1.807) is 11.3 Å². The second-order valence-corrected chi connectivity index (χ2v) is 7.06. The highest BCUT2D eigenvalue weighted by Gasteiger charge is 2.30. The Balaban J connectivity index is 0.00000132. The van der Waals surface area contributed by atoms with Gasteiger partial charge in [-0.15, -0.1) is 28.3 Å². The third-order valence-corrected chi connectivity index (χ3v) is 5.59. The van der Waals surface area contributed by atoms with E-state index in [-0.39, 0.29) is 27.6 Å². The molecule has 0 amide bonds. The lowest BCUT2D eigenvalue weighted by Crippen LogP contribution is -2.22. The van der Waals surface area contributed by atoms with Crippen molar-refractivity contribution in [2.45, 2.75) is 17.7 Å². The Morgan fingerprint density at radius 2 is 2.05 bits per heavy atom. The Hall–Kier alpha value is -0.980. The molecule has 1 unspecified atom stereocenters. The summed E-state index contributed by atoms with van der Waals surface area (Å²) in [7, 11) is 0. The van der Waals surface area contributed by atoms with Crippen LogP contribution in [0, 0.1) is 0 Å². The van der Waals surface area contributed by atoms with Crippen LogP contribution in [0.5, 0.6) is 0 Å². The molecule has 2 heterocycles. The molecule has 0 aliphatic heterocycles. The van der Waals surface area contributed by atoms with Crippen LogP contribution in [-0.2, 0) is 6.42 Å². The van der Waals surface area contributed by atoms with Crippen molar-refractivity contribution < 1.29 is 4.79 Å². The predicted octanol–water partition coefficient (Wildman–Crippen LogP) is 4.53. The Morgan fingerprint density at radius 3 is 2.81 bits per heavy atom. The van der Waals surface area contributed by atoms with E-state index in [0.29, 0.717) is 0 Å². The minimum absolute atomic E-state index is 0. The molecule has 0 saturated heterocycles. The maximum atomic E-state index is 12.3. The molecule has 0 fully saturated rings. The number of hydrogen-bond donors (Lipinski definition) is 0. The largest absolute Gasteiger partial charge is 0.291 e. The molecule has 3 aromatic rings. The van der Waals surface area contributed by atoms with Crippen molar-refractivity contribution in [3.63, 3.8) is 0 Å². The minimum Gasteiger partial charge on any atom is -0.291 e. The van der Waals surface area contributed by atoms with Crippen molar-refractivity contribution in [2.24, 2.45) is 0 Å². The number of hydrogen-bond acceptors (Lipinski definition) is 3. The van der Waals surface area contributed by atoms with Crippen molar-refractivity contribution in [1.29, 1.82) is 0 Å². The summed E-state index contributed by atoms with van der Waals surface area (Å²) >= 11 is 5.10. The smallest absolute Gasteiger partial charge is 0.195 e. The number of thiazole rings is 1. The van der Waals surface area contributed by atoms with Crippen LogP contribution in [0.4, 0.5) is 0 Å². The molecule has 0 saturated carbocycles. The van der Waals surface area contributed by atoms with Crippen molar-refractivity contribution in [2.75, 3.05) is 0 Å². The maximum Gasteiger partial charge on any atom is 0.195 e. The first-order valence-electron chi connectivity index (χ1n) is 6.48. The summed E-state index contributed by atoms with van der Waals surface area (Å²) in [6, 6.07) is 10.1. The first kappa shape index (κ1) is 14.9. The van der Waals surface area contributed by atoms with E-state index in [2.05, 4.69) is 20.9 Å². The molecule has 1 aliphatic carbocycles. The lowest BCUT2D eigenvalue weighted by atomic mass is 10.0. The molecule has 6 heteroatoms. The summed E-state index contributed by atoms with van der Waals surface area (Å²) in [4.78, 5) is 19.0. The summed E-state index contributed by atoms with van der Waals surface area (Å²) in [6.07, 6.45) is 3.80. The quantitative estimate of drug-likeness (QED) is 0.534. The van der Waals surface area contributed by atoms with Crippen LogP contribution < -0.4 is 0 Å². The highest BCUT2D eigenvalue weighted by Crippen LogP contribution is 2.34. The number of alkyl halides is 1. The molecule has 1 aromatic carbocycles. The van der Waals surface area contributed by atoms with Crippen LogP contribution in [0.3, 0.4) is 0 Å². The average molecular weight is 428 g/mol. The number of benzene rings is 1. The SMILES string of the molecule is Br.O=C1c2c(sc3nc(-c4ccccc4)cn23)CCC1Br. The monoisotopic (exact) mass is 426 g/mol. The van der Waals surface area contributed by atoms with Gasteiger partial charge in [-0.25, -0.2) is 4.98 Å². The Bertz CT molecular complexity index is 810. The number of aryl methyl sites for hydroxylation is 1. The highest BCUT2D eigenvalue weighted by atomic mass is 79.9. The molecule has 4 rings (SSSR count). The predicted molar refractivity (Wildman–Crippen MR) is 94.2 cm³/mol. The van der Waals surface area contributed by atoms with Crippen LogP contribution >= 0.6 is 44.2 Å². The maximum absolute atomic E-state index is 12.3. The lowest BCUT2D eigenvalue weighted by Gasteiger charge is -2.14. The zero-order valence-electron chi connectivity index (χ0n) is 11.0. The molecule has 0 bridgehead atoms. The van der Waals surface area contributed by atoms with Gasteiger partial charge in [-0.1, -0.05) is 46.3 Å². The summed E-state index contributed by atoms with van der Waals surface area (Å²) in [5.74, 6) is 0.175. The third kappa shape index (κ3) is 2.39. The zero-order chi connectivity index (χ0) is 13.7. The van der Waals surface area contributed by atoms with Gasteiger partial charge in [0.25, 0.3) is 0 Å². The van der Waals surface area contributed by atoms with Crippen LogP contribution in [-0.4, -0.2) is 20.0 Å². The number of ketones is 1. The van der Waals surface area contributed by atoms with Crippen molar-refractivity contribution in [3.05, 3.63) is 47.1 Å². The molecule has 0 N–H and O–H groups in total. The average Bonchev–Trinajstić information content (AvgIpc) is 3.01. The van der Waals surface area contributed by atoms with E-state index in [0.717, 1.165) is 39.6 Å². The van der Waals surface area contributed by atoms with Gasteiger partial charge >= 0.3 is 0 Å². The molecule has 0 radical (unpaired) electrons. The van der Waals surface area contributed by atoms with Crippen LogP contribution in [0.2, 0.25) is 0 Å². The van der Waals surface area contributed by atoms with Gasteiger partial charge in [0.05, 0.1) is 10.5 Å². The van der Waals surface area contributed by atoms with Crippen molar-refractivity contribution in [3.8, 4) is 11.3 Å². The van der Waals surface area contributed by atoms with E-state index >= 15 is 0 Å². The molecule has 3 nitrogen and oxygen atoms in total. The van der Waals surface area contributed by atoms with E-state index in [9.17, 15) is 4.79 Å². The molecule has 0 spiro atoms. The summed E-state index contributed by atoms with van der Waals surface area (Å²) in [5.41, 5.74) is 2.81. The van der Waals surface area contributed by atoms with Crippen molar-refractivity contribution in [1.82, 2.24) is 9.38 Å². The number of carbonyl (C=O) groups is 1. The van der Waals surface area contributed by atoms with Gasteiger partial charge in [0.2, 0.25) is 0 Å². The first-order chi connectivity index (χ1) is 9.74. The van der Waals surface area contributed by atoms with E-state index in [1.807, 2.05) is 40.9 Å². The van der Waals surface area contributed by atoms with Gasteiger partial charge in [-0.3, -0.25) is 9.20 Å². The molecule has 1 atom stereocenters. The van der Waals surface area contributed by atoms with E-state index < -0.39 is 0 Å². The number of fused-ring (bicyclic) bond motifs is 3. The minimum atomic E-state index is -0.0598. The normalized spacial score (nSPS) is 17.6. The first-order valence-corrected chi connectivity index (χ1v) is 8.22. The fraction of sp³-hybridized carbons (Fsp3) is 0.200.